The molecule has 1 atom stereocenters. The summed E-state index contributed by atoms with van der Waals surface area (Å²) in [5.41, 5.74) is 0.464. The van der Waals surface area contributed by atoms with Gasteiger partial charge in [0.05, 0.1) is 12.2 Å². The predicted molar refractivity (Wildman–Crippen MR) is 62.1 cm³/mol. The van der Waals surface area contributed by atoms with Crippen molar-refractivity contribution in [2.45, 2.75) is 32.5 Å². The third-order valence-corrected chi connectivity index (χ3v) is 2.28. The van der Waals surface area contributed by atoms with Gasteiger partial charge in [-0.05, 0) is 26.8 Å². The fraction of sp³-hybridized carbons (Fsp3) is 0.500. The van der Waals surface area contributed by atoms with Gasteiger partial charge in [-0.1, -0.05) is 29.8 Å². The van der Waals surface area contributed by atoms with Crippen LogP contribution in [0.1, 0.15) is 32.4 Å². The van der Waals surface area contributed by atoms with Crippen molar-refractivity contribution in [1.29, 1.82) is 0 Å². The van der Waals surface area contributed by atoms with Gasteiger partial charge in [0.2, 0.25) is 0 Å². The first kappa shape index (κ1) is 12.5. The van der Waals surface area contributed by atoms with Crippen molar-refractivity contribution in [3.63, 3.8) is 0 Å². The molecular weight excluding hydrogens is 212 g/mol. The second-order valence-electron chi connectivity index (χ2n) is 4.46. The Morgan fingerprint density at radius 3 is 2.47 bits per heavy atom. The van der Waals surface area contributed by atoms with Crippen LogP contribution in [-0.4, -0.2) is 17.3 Å². The molecule has 0 heterocycles. The molecule has 84 valence electrons. The number of hydrogen-bond acceptors (Lipinski definition) is 2. The monoisotopic (exact) mass is 228 g/mol. The van der Waals surface area contributed by atoms with Crippen molar-refractivity contribution in [1.82, 2.24) is 0 Å². The first-order valence-corrected chi connectivity index (χ1v) is 5.34. The molecule has 0 saturated carbocycles. The summed E-state index contributed by atoms with van der Waals surface area (Å²) in [5.74, 6) is 0. The quantitative estimate of drug-likeness (QED) is 0.861. The second kappa shape index (κ2) is 4.97. The van der Waals surface area contributed by atoms with Crippen molar-refractivity contribution in [3.05, 3.63) is 34.9 Å². The topological polar surface area (TPSA) is 29.5 Å². The highest BCUT2D eigenvalue weighted by molar-refractivity contribution is 6.31. The van der Waals surface area contributed by atoms with E-state index in [1.54, 1.807) is 12.1 Å². The molecule has 1 aromatic carbocycles. The molecule has 15 heavy (non-hydrogen) atoms. The maximum absolute atomic E-state index is 9.86. The van der Waals surface area contributed by atoms with E-state index in [9.17, 15) is 5.11 Å². The molecule has 0 aliphatic heterocycles. The van der Waals surface area contributed by atoms with Crippen LogP contribution in [0.25, 0.3) is 0 Å². The highest BCUT2D eigenvalue weighted by Crippen LogP contribution is 2.23. The van der Waals surface area contributed by atoms with E-state index in [1.165, 1.54) is 0 Å². The van der Waals surface area contributed by atoms with E-state index in [4.69, 9.17) is 16.3 Å². The van der Waals surface area contributed by atoms with Gasteiger partial charge in [-0.25, -0.2) is 0 Å². The van der Waals surface area contributed by atoms with Crippen molar-refractivity contribution < 1.29 is 9.84 Å². The van der Waals surface area contributed by atoms with Crippen LogP contribution in [0.4, 0.5) is 0 Å². The third kappa shape index (κ3) is 4.20. The Labute approximate surface area is 95.8 Å². The Morgan fingerprint density at radius 1 is 1.33 bits per heavy atom. The molecule has 0 saturated heterocycles. The van der Waals surface area contributed by atoms with Crippen LogP contribution in [0.5, 0.6) is 0 Å². The maximum atomic E-state index is 9.86. The second-order valence-corrected chi connectivity index (χ2v) is 4.87. The molecule has 1 unspecified atom stereocenters. The summed E-state index contributed by atoms with van der Waals surface area (Å²) in [6.07, 6.45) is -0.669. The van der Waals surface area contributed by atoms with Gasteiger partial charge in [0.15, 0.2) is 0 Å². The van der Waals surface area contributed by atoms with Gasteiger partial charge in [-0.2, -0.15) is 0 Å². The number of benzene rings is 1. The number of aliphatic hydroxyl groups excluding tert-OH is 1. The summed E-state index contributed by atoms with van der Waals surface area (Å²) in [7, 11) is 0. The first-order valence-electron chi connectivity index (χ1n) is 4.96. The van der Waals surface area contributed by atoms with E-state index in [1.807, 2.05) is 32.9 Å². The average Bonchev–Trinajstić information content (AvgIpc) is 2.14. The lowest BCUT2D eigenvalue weighted by molar-refractivity contribution is -0.0496. The summed E-state index contributed by atoms with van der Waals surface area (Å²) in [5, 5.41) is 10.4. The number of rotatable bonds is 3. The van der Waals surface area contributed by atoms with Crippen molar-refractivity contribution >= 4 is 11.6 Å². The fourth-order valence-electron chi connectivity index (χ4n) is 1.16. The van der Waals surface area contributed by atoms with E-state index >= 15 is 0 Å². The van der Waals surface area contributed by atoms with Crippen LogP contribution in [0.15, 0.2) is 24.3 Å². The van der Waals surface area contributed by atoms with Gasteiger partial charge in [-0.3, -0.25) is 0 Å². The van der Waals surface area contributed by atoms with Crippen molar-refractivity contribution in [2.24, 2.45) is 0 Å². The van der Waals surface area contributed by atoms with Gasteiger partial charge in [-0.15, -0.1) is 0 Å². The Bertz CT molecular complexity index is 318. The SMILES string of the molecule is CC(C)(C)OCC(O)c1ccccc1Cl. The van der Waals surface area contributed by atoms with Gasteiger partial charge in [0.25, 0.3) is 0 Å². The van der Waals surface area contributed by atoms with Crippen LogP contribution in [0, 0.1) is 0 Å². The molecule has 0 aliphatic rings. The molecule has 1 N–H and O–H groups in total. The average molecular weight is 229 g/mol. The zero-order chi connectivity index (χ0) is 11.5. The number of ether oxygens (including phenoxy) is 1. The Balaban J connectivity index is 2.62. The molecule has 0 radical (unpaired) electrons. The molecule has 1 rings (SSSR count). The molecule has 1 aromatic rings. The lowest BCUT2D eigenvalue weighted by Gasteiger charge is -2.22. The molecule has 0 aliphatic carbocycles. The molecule has 0 fully saturated rings. The minimum atomic E-state index is -0.669. The molecule has 0 bridgehead atoms. The lowest BCUT2D eigenvalue weighted by Crippen LogP contribution is -2.22. The van der Waals surface area contributed by atoms with Crippen LogP contribution >= 0.6 is 11.6 Å². The Morgan fingerprint density at radius 2 is 1.93 bits per heavy atom. The summed E-state index contributed by atoms with van der Waals surface area (Å²) in [6.45, 7) is 6.11. The summed E-state index contributed by atoms with van der Waals surface area (Å²) >= 11 is 5.95. The summed E-state index contributed by atoms with van der Waals surface area (Å²) in [6, 6.07) is 7.25. The van der Waals surface area contributed by atoms with Crippen LogP contribution in [0.2, 0.25) is 5.02 Å². The first-order chi connectivity index (χ1) is 6.90. The Hall–Kier alpha value is -0.570. The summed E-state index contributed by atoms with van der Waals surface area (Å²) in [4.78, 5) is 0. The zero-order valence-corrected chi connectivity index (χ0v) is 10.1. The third-order valence-electron chi connectivity index (χ3n) is 1.94. The number of aliphatic hydroxyl groups is 1. The molecular formula is C12H17ClO2. The largest absolute Gasteiger partial charge is 0.386 e. The van der Waals surface area contributed by atoms with E-state index in [0.717, 1.165) is 0 Å². The Kier molecular flexibility index (Phi) is 4.14. The highest BCUT2D eigenvalue weighted by atomic mass is 35.5. The van der Waals surface area contributed by atoms with Gasteiger partial charge in [0, 0.05) is 10.6 Å². The minimum Gasteiger partial charge on any atom is -0.386 e. The van der Waals surface area contributed by atoms with E-state index in [0.29, 0.717) is 10.6 Å². The van der Waals surface area contributed by atoms with Crippen molar-refractivity contribution in [2.75, 3.05) is 6.61 Å². The number of halogens is 1. The fourth-order valence-corrected chi connectivity index (χ4v) is 1.43. The van der Waals surface area contributed by atoms with Gasteiger partial charge in [0.1, 0.15) is 6.10 Å². The van der Waals surface area contributed by atoms with Crippen LogP contribution in [-0.2, 0) is 4.74 Å². The summed E-state index contributed by atoms with van der Waals surface area (Å²) < 4.78 is 5.49. The minimum absolute atomic E-state index is 0.248. The van der Waals surface area contributed by atoms with Crippen LogP contribution < -0.4 is 0 Å². The molecule has 0 aromatic heterocycles. The van der Waals surface area contributed by atoms with E-state index in [2.05, 4.69) is 0 Å². The normalized spacial score (nSPS) is 13.9. The van der Waals surface area contributed by atoms with Gasteiger partial charge >= 0.3 is 0 Å². The zero-order valence-electron chi connectivity index (χ0n) is 9.33. The number of hydrogen-bond donors (Lipinski definition) is 1. The maximum Gasteiger partial charge on any atom is 0.104 e. The van der Waals surface area contributed by atoms with Gasteiger partial charge < -0.3 is 9.84 Å². The van der Waals surface area contributed by atoms with Crippen LogP contribution in [0.3, 0.4) is 0 Å². The smallest absolute Gasteiger partial charge is 0.104 e. The predicted octanol–water partition coefficient (Wildman–Crippen LogP) is 3.19. The van der Waals surface area contributed by atoms with E-state index in [-0.39, 0.29) is 12.2 Å². The standard InChI is InChI=1S/C12H17ClO2/c1-12(2,3)15-8-11(14)9-6-4-5-7-10(9)13/h4-7,11,14H,8H2,1-3H3. The molecule has 0 amide bonds. The molecule has 2 nitrogen and oxygen atoms in total. The highest BCUT2D eigenvalue weighted by Gasteiger charge is 2.16. The molecule has 3 heteroatoms. The van der Waals surface area contributed by atoms with Crippen molar-refractivity contribution in [3.8, 4) is 0 Å². The lowest BCUT2D eigenvalue weighted by atomic mass is 10.1. The van der Waals surface area contributed by atoms with E-state index < -0.39 is 6.10 Å². The molecule has 0 spiro atoms.